The van der Waals surface area contributed by atoms with Crippen molar-refractivity contribution in [3.63, 3.8) is 0 Å². The molecule has 0 aliphatic heterocycles. The highest BCUT2D eigenvalue weighted by atomic mass is 35.5. The summed E-state index contributed by atoms with van der Waals surface area (Å²) in [4.78, 5) is 4.33. The van der Waals surface area contributed by atoms with Gasteiger partial charge in [0.1, 0.15) is 10.7 Å². The molecule has 112 valence electrons. The van der Waals surface area contributed by atoms with Gasteiger partial charge in [0, 0.05) is 24.0 Å². The molecule has 0 aliphatic rings. The van der Waals surface area contributed by atoms with Crippen molar-refractivity contribution < 1.29 is 8.42 Å². The summed E-state index contributed by atoms with van der Waals surface area (Å²) >= 11 is 5.84. The van der Waals surface area contributed by atoms with E-state index in [0.717, 1.165) is 17.9 Å². The van der Waals surface area contributed by atoms with Gasteiger partial charge in [-0.05, 0) is 42.7 Å². The summed E-state index contributed by atoms with van der Waals surface area (Å²) < 4.78 is 23.3. The molecule has 21 heavy (non-hydrogen) atoms. The van der Waals surface area contributed by atoms with E-state index in [4.69, 9.17) is 11.6 Å². The lowest BCUT2D eigenvalue weighted by atomic mass is 10.1. The number of hydrogen-bond donors (Lipinski definition) is 1. The molecule has 2 aromatic rings. The van der Waals surface area contributed by atoms with Gasteiger partial charge in [0.2, 0.25) is 0 Å². The lowest BCUT2D eigenvalue weighted by molar-refractivity contribution is 0.601. The average Bonchev–Trinajstić information content (AvgIpc) is 2.45. The molecule has 1 heterocycles. The Hall–Kier alpha value is -1.59. The number of benzene rings is 1. The number of nitrogens with one attached hydrogen (secondary N) is 1. The van der Waals surface area contributed by atoms with Crippen LogP contribution in [0.15, 0.2) is 47.5 Å². The van der Waals surface area contributed by atoms with E-state index in [1.165, 1.54) is 11.8 Å². The van der Waals surface area contributed by atoms with Gasteiger partial charge >= 0.3 is 0 Å². The van der Waals surface area contributed by atoms with Crippen molar-refractivity contribution in [3.05, 3.63) is 53.2 Å². The Morgan fingerprint density at radius 2 is 1.90 bits per heavy atom. The molecule has 0 spiro atoms. The fraction of sp³-hybridized carbons (Fsp3) is 0.267. The fourth-order valence-electron chi connectivity index (χ4n) is 1.97. The van der Waals surface area contributed by atoms with E-state index in [-0.39, 0.29) is 4.90 Å². The van der Waals surface area contributed by atoms with E-state index in [1.807, 2.05) is 24.3 Å². The molecule has 0 amide bonds. The Kier molecular flexibility index (Phi) is 5.20. The highest BCUT2D eigenvalue weighted by Gasteiger charge is 2.13. The van der Waals surface area contributed by atoms with Gasteiger partial charge < -0.3 is 5.32 Å². The number of halogens is 1. The second-order valence-electron chi connectivity index (χ2n) is 4.78. The standard InChI is InChI=1S/C15H17ClN2O2S/c1-21(19,20)14-5-3-11-18-15(14)17-10-2-4-12-6-8-13(16)9-7-12/h3,5-9,11H,2,4,10H2,1H3,(H,17,18). The second-order valence-corrected chi connectivity index (χ2v) is 7.20. The van der Waals surface area contributed by atoms with Crippen molar-refractivity contribution in [3.8, 4) is 0 Å². The Balaban J connectivity index is 1.91. The summed E-state index contributed by atoms with van der Waals surface area (Å²) in [6, 6.07) is 10.9. The number of sulfone groups is 1. The SMILES string of the molecule is CS(=O)(=O)c1cccnc1NCCCc1ccc(Cl)cc1. The van der Waals surface area contributed by atoms with Crippen LogP contribution in [-0.2, 0) is 16.3 Å². The van der Waals surface area contributed by atoms with Crippen molar-refractivity contribution >= 4 is 27.3 Å². The molecule has 4 nitrogen and oxygen atoms in total. The maximum Gasteiger partial charge on any atom is 0.179 e. The molecule has 0 saturated carbocycles. The van der Waals surface area contributed by atoms with E-state index >= 15 is 0 Å². The van der Waals surface area contributed by atoms with Gasteiger partial charge in [-0.25, -0.2) is 13.4 Å². The van der Waals surface area contributed by atoms with Crippen LogP contribution in [0.25, 0.3) is 0 Å². The summed E-state index contributed by atoms with van der Waals surface area (Å²) in [6.45, 7) is 0.655. The maximum absolute atomic E-state index is 11.6. The largest absolute Gasteiger partial charge is 0.369 e. The van der Waals surface area contributed by atoms with Crippen LogP contribution < -0.4 is 5.32 Å². The molecular weight excluding hydrogens is 308 g/mol. The normalized spacial score (nSPS) is 11.3. The zero-order chi connectivity index (χ0) is 15.3. The van der Waals surface area contributed by atoms with E-state index in [1.54, 1.807) is 18.3 Å². The molecule has 0 radical (unpaired) electrons. The molecule has 0 bridgehead atoms. The van der Waals surface area contributed by atoms with Crippen LogP contribution >= 0.6 is 11.6 Å². The summed E-state index contributed by atoms with van der Waals surface area (Å²) in [7, 11) is -3.27. The smallest absolute Gasteiger partial charge is 0.179 e. The van der Waals surface area contributed by atoms with E-state index in [0.29, 0.717) is 12.4 Å². The summed E-state index contributed by atoms with van der Waals surface area (Å²) in [5, 5.41) is 3.81. The van der Waals surface area contributed by atoms with Gasteiger partial charge in [0.25, 0.3) is 0 Å². The number of anilines is 1. The van der Waals surface area contributed by atoms with Crippen LogP contribution in [-0.4, -0.2) is 26.2 Å². The van der Waals surface area contributed by atoms with Gasteiger partial charge in [-0.2, -0.15) is 0 Å². The fourth-order valence-corrected chi connectivity index (χ4v) is 2.90. The molecule has 0 atom stereocenters. The van der Waals surface area contributed by atoms with Gasteiger partial charge in [-0.15, -0.1) is 0 Å². The quantitative estimate of drug-likeness (QED) is 0.829. The van der Waals surface area contributed by atoms with Crippen molar-refractivity contribution in [1.82, 2.24) is 4.98 Å². The Morgan fingerprint density at radius 1 is 1.19 bits per heavy atom. The minimum absolute atomic E-state index is 0.233. The number of aromatic nitrogens is 1. The molecule has 0 aliphatic carbocycles. The molecule has 1 N–H and O–H groups in total. The number of hydrogen-bond acceptors (Lipinski definition) is 4. The zero-order valence-corrected chi connectivity index (χ0v) is 13.3. The van der Waals surface area contributed by atoms with E-state index in [2.05, 4.69) is 10.3 Å². The van der Waals surface area contributed by atoms with Gasteiger partial charge in [0.15, 0.2) is 9.84 Å². The predicted molar refractivity (Wildman–Crippen MR) is 85.6 cm³/mol. The first-order valence-electron chi connectivity index (χ1n) is 6.60. The first-order chi connectivity index (χ1) is 9.97. The monoisotopic (exact) mass is 324 g/mol. The Bertz CT molecular complexity index is 700. The number of aryl methyl sites for hydroxylation is 1. The Morgan fingerprint density at radius 3 is 2.57 bits per heavy atom. The van der Waals surface area contributed by atoms with Gasteiger partial charge in [-0.3, -0.25) is 0 Å². The first kappa shape index (κ1) is 15.8. The highest BCUT2D eigenvalue weighted by molar-refractivity contribution is 7.90. The minimum atomic E-state index is -3.27. The zero-order valence-electron chi connectivity index (χ0n) is 11.7. The minimum Gasteiger partial charge on any atom is -0.369 e. The molecule has 0 unspecified atom stereocenters. The maximum atomic E-state index is 11.6. The second kappa shape index (κ2) is 6.91. The van der Waals surface area contributed by atoms with Crippen LogP contribution in [0, 0.1) is 0 Å². The third-order valence-electron chi connectivity index (χ3n) is 3.02. The molecule has 2 rings (SSSR count). The molecule has 6 heteroatoms. The molecule has 0 fully saturated rings. The number of pyridine rings is 1. The van der Waals surface area contributed by atoms with Crippen LogP contribution in [0.3, 0.4) is 0 Å². The third-order valence-corrected chi connectivity index (χ3v) is 4.40. The molecule has 1 aromatic carbocycles. The molecule has 0 saturated heterocycles. The van der Waals surface area contributed by atoms with Crippen LogP contribution in [0.4, 0.5) is 5.82 Å². The summed E-state index contributed by atoms with van der Waals surface area (Å²) in [6.07, 6.45) is 4.53. The lowest BCUT2D eigenvalue weighted by Gasteiger charge is -2.09. The molecular formula is C15H17ClN2O2S. The van der Waals surface area contributed by atoms with Crippen molar-refractivity contribution in [1.29, 1.82) is 0 Å². The van der Waals surface area contributed by atoms with E-state index < -0.39 is 9.84 Å². The summed E-state index contributed by atoms with van der Waals surface area (Å²) in [5.74, 6) is 0.413. The topological polar surface area (TPSA) is 59.1 Å². The first-order valence-corrected chi connectivity index (χ1v) is 8.87. The lowest BCUT2D eigenvalue weighted by Crippen LogP contribution is -2.09. The van der Waals surface area contributed by atoms with Crippen molar-refractivity contribution in [2.45, 2.75) is 17.7 Å². The average molecular weight is 325 g/mol. The van der Waals surface area contributed by atoms with E-state index in [9.17, 15) is 8.42 Å². The van der Waals surface area contributed by atoms with Gasteiger partial charge in [-0.1, -0.05) is 23.7 Å². The van der Waals surface area contributed by atoms with Gasteiger partial charge in [0.05, 0.1) is 0 Å². The highest BCUT2D eigenvalue weighted by Crippen LogP contribution is 2.17. The Labute approximate surface area is 130 Å². The van der Waals surface area contributed by atoms with Crippen molar-refractivity contribution in [2.75, 3.05) is 18.1 Å². The number of rotatable bonds is 6. The van der Waals surface area contributed by atoms with Crippen LogP contribution in [0.1, 0.15) is 12.0 Å². The van der Waals surface area contributed by atoms with Crippen molar-refractivity contribution in [2.24, 2.45) is 0 Å². The predicted octanol–water partition coefficient (Wildman–Crippen LogP) is 3.18. The number of nitrogens with zero attached hydrogens (tertiary/aromatic N) is 1. The third kappa shape index (κ3) is 4.72. The summed E-state index contributed by atoms with van der Waals surface area (Å²) in [5.41, 5.74) is 1.20. The van der Waals surface area contributed by atoms with Crippen LogP contribution in [0.2, 0.25) is 5.02 Å². The van der Waals surface area contributed by atoms with Crippen LogP contribution in [0.5, 0.6) is 0 Å². The molecule has 1 aromatic heterocycles.